The standard InChI is InChI=1S/C20H14N2O4/c23-17(25-19-15-7-3-1-5-13(15)11-21-19)9-10-18(24)26-20-16-8-4-2-6-14(16)12-22-20/h1-12,19-20H/p+2/b10-9+. The molecule has 2 aromatic carbocycles. The molecule has 2 aliphatic heterocycles. The summed E-state index contributed by atoms with van der Waals surface area (Å²) in [7, 11) is 0. The van der Waals surface area contributed by atoms with E-state index in [4.69, 9.17) is 9.47 Å². The molecule has 128 valence electrons. The number of carbonyl (C=O) groups excluding carboxylic acids is 2. The molecule has 0 fully saturated rings. The minimum atomic E-state index is -0.689. The predicted molar refractivity (Wildman–Crippen MR) is 97.1 cm³/mol. The maximum absolute atomic E-state index is 11.9. The first-order valence-corrected chi connectivity index (χ1v) is 8.04. The van der Waals surface area contributed by atoms with Crippen molar-refractivity contribution in [1.29, 1.82) is 0 Å². The Labute approximate surface area is 152 Å². The highest BCUT2D eigenvalue weighted by Crippen LogP contribution is 2.28. The van der Waals surface area contributed by atoms with Gasteiger partial charge in [0, 0.05) is 46.8 Å². The van der Waals surface area contributed by atoms with Crippen LogP contribution in [0.1, 0.15) is 37.6 Å². The third kappa shape index (κ3) is 3.17. The summed E-state index contributed by atoms with van der Waals surface area (Å²) in [6.45, 7) is 0. The van der Waals surface area contributed by atoms with Crippen LogP contribution >= 0.6 is 0 Å². The van der Waals surface area contributed by atoms with E-state index in [0.717, 1.165) is 34.4 Å². The normalized spacial score (nSPS) is 19.4. The Hall–Kier alpha value is -3.54. The lowest BCUT2D eigenvalue weighted by atomic mass is 10.1. The lowest BCUT2D eigenvalue weighted by Gasteiger charge is -2.10. The van der Waals surface area contributed by atoms with E-state index in [-0.39, 0.29) is 2.85 Å². The van der Waals surface area contributed by atoms with Crippen molar-refractivity contribution < 1.29 is 21.9 Å². The highest BCUT2D eigenvalue weighted by Gasteiger charge is 2.22. The van der Waals surface area contributed by atoms with Crippen LogP contribution in [0.4, 0.5) is 0 Å². The molecule has 0 radical (unpaired) electrons. The van der Waals surface area contributed by atoms with Gasteiger partial charge in [-0.25, -0.2) is 19.6 Å². The lowest BCUT2D eigenvalue weighted by Crippen LogP contribution is -2.09. The van der Waals surface area contributed by atoms with E-state index in [9.17, 15) is 9.59 Å². The van der Waals surface area contributed by atoms with Crippen molar-refractivity contribution in [2.45, 2.75) is 12.5 Å². The number of aliphatic imine (C=N–C) groups is 2. The van der Waals surface area contributed by atoms with Gasteiger partial charge in [0.15, 0.2) is 0 Å². The Morgan fingerprint density at radius 3 is 1.65 bits per heavy atom. The highest BCUT2D eigenvalue weighted by molar-refractivity contribution is 5.93. The summed E-state index contributed by atoms with van der Waals surface area (Å²) in [5.74, 6) is -1.34. The molecule has 2 heterocycles. The molecule has 4 rings (SSSR count). The number of esters is 2. The van der Waals surface area contributed by atoms with E-state index in [1.165, 1.54) is 0 Å². The molecule has 2 aromatic rings. The number of rotatable bonds is 4. The molecule has 6 heteroatoms. The summed E-state index contributed by atoms with van der Waals surface area (Å²) in [6.07, 6.45) is 3.99. The van der Waals surface area contributed by atoms with E-state index >= 15 is 0 Å². The molecule has 2 atom stereocenters. The van der Waals surface area contributed by atoms with E-state index in [0.29, 0.717) is 0 Å². The Morgan fingerprint density at radius 1 is 0.769 bits per heavy atom. The smallest absolute Gasteiger partial charge is 0.432 e. The fourth-order valence-electron chi connectivity index (χ4n) is 2.79. The third-order valence-corrected chi connectivity index (χ3v) is 4.03. The van der Waals surface area contributed by atoms with Crippen LogP contribution in [0, 0.1) is 0 Å². The number of hydrogen-bond acceptors (Lipinski definition) is 6. The topological polar surface area (TPSA) is 77.3 Å². The van der Waals surface area contributed by atoms with Crippen molar-refractivity contribution in [3.05, 3.63) is 82.9 Å². The van der Waals surface area contributed by atoms with Crippen LogP contribution in [-0.2, 0) is 19.1 Å². The second kappa shape index (κ2) is 6.76. The van der Waals surface area contributed by atoms with Crippen LogP contribution in [0.25, 0.3) is 0 Å². The van der Waals surface area contributed by atoms with Crippen LogP contribution in [0.3, 0.4) is 0 Å². The van der Waals surface area contributed by atoms with Gasteiger partial charge in [0.25, 0.3) is 0 Å². The average molecular weight is 348 g/mol. The van der Waals surface area contributed by atoms with E-state index < -0.39 is 24.4 Å². The summed E-state index contributed by atoms with van der Waals surface area (Å²) < 4.78 is 10.5. The van der Waals surface area contributed by atoms with Gasteiger partial charge in [0.1, 0.15) is 0 Å². The third-order valence-electron chi connectivity index (χ3n) is 4.03. The zero-order valence-corrected chi connectivity index (χ0v) is 13.6. The van der Waals surface area contributed by atoms with Gasteiger partial charge in [-0.3, -0.25) is 0 Å². The molecule has 0 aromatic heterocycles. The number of hydrogen-bond donors (Lipinski definition) is 0. The van der Waals surface area contributed by atoms with Gasteiger partial charge in [-0.05, 0) is 0 Å². The molecule has 0 saturated heterocycles. The molecule has 0 aliphatic carbocycles. The first-order chi connectivity index (χ1) is 12.7. The minimum Gasteiger partial charge on any atom is -0.432 e. The zero-order chi connectivity index (χ0) is 17.9. The average Bonchev–Trinajstić information content (AvgIpc) is 3.25. The minimum absolute atomic E-state index is 0. The van der Waals surface area contributed by atoms with Crippen LogP contribution in [0.15, 0.2) is 70.7 Å². The van der Waals surface area contributed by atoms with Gasteiger partial charge in [0.05, 0.1) is 0 Å². The summed E-state index contributed by atoms with van der Waals surface area (Å²) in [4.78, 5) is 32.1. The van der Waals surface area contributed by atoms with Crippen LogP contribution in [-0.4, -0.2) is 24.4 Å². The zero-order valence-electron chi connectivity index (χ0n) is 15.6. The van der Waals surface area contributed by atoms with Crippen LogP contribution in [0.5, 0.6) is 0 Å². The summed E-state index contributed by atoms with van der Waals surface area (Å²) in [5.41, 5.74) is 3.44. The molecule has 6 nitrogen and oxygen atoms in total. The van der Waals surface area contributed by atoms with Crippen molar-refractivity contribution in [3.63, 3.8) is 0 Å². The van der Waals surface area contributed by atoms with Gasteiger partial charge in [-0.15, -0.1) is 0 Å². The Morgan fingerprint density at radius 2 is 1.19 bits per heavy atom. The summed E-state index contributed by atoms with van der Waals surface area (Å²) in [6, 6.07) is 14.9. The summed E-state index contributed by atoms with van der Waals surface area (Å²) >= 11 is 0. The molecule has 0 bridgehead atoms. The largest absolute Gasteiger partial charge is 1.00 e. The molecule has 0 spiro atoms. The molecule has 26 heavy (non-hydrogen) atoms. The van der Waals surface area contributed by atoms with Gasteiger partial charge >= 0.3 is 14.8 Å². The number of benzene rings is 2. The van der Waals surface area contributed by atoms with Gasteiger partial charge in [-0.2, -0.15) is 0 Å². The molecule has 2 aliphatic rings. The number of ether oxygens (including phenoxy) is 2. The van der Waals surface area contributed by atoms with E-state index in [1.54, 1.807) is 12.4 Å². The fourth-order valence-corrected chi connectivity index (χ4v) is 2.79. The fraction of sp³-hybridized carbons (Fsp3) is 0.100. The summed E-state index contributed by atoms with van der Waals surface area (Å²) in [5, 5.41) is 0. The maximum Gasteiger partial charge on any atom is 1.00 e. The first-order valence-electron chi connectivity index (χ1n) is 8.04. The highest BCUT2D eigenvalue weighted by atomic mass is 16.6. The number of nitrogens with zero attached hydrogens (tertiary/aromatic N) is 2. The monoisotopic (exact) mass is 348 g/mol. The van der Waals surface area contributed by atoms with Crippen LogP contribution in [0.2, 0.25) is 0 Å². The number of fused-ring (bicyclic) bond motifs is 2. The van der Waals surface area contributed by atoms with Crippen molar-refractivity contribution in [2.75, 3.05) is 0 Å². The Balaban J connectivity index is 0.00000140. The SMILES string of the molecule is O=C(/C=C/C(=O)OC1N=Cc2ccccc21)OC1N=Cc2ccccc21.[H+].[H+]. The Bertz CT molecular complexity index is 895. The van der Waals surface area contributed by atoms with E-state index in [1.807, 2.05) is 48.5 Å². The van der Waals surface area contributed by atoms with Crippen molar-refractivity contribution in [3.8, 4) is 0 Å². The molecule has 0 saturated carbocycles. The second-order valence-corrected chi connectivity index (χ2v) is 5.73. The Kier molecular flexibility index (Phi) is 4.15. The van der Waals surface area contributed by atoms with Crippen molar-refractivity contribution in [1.82, 2.24) is 0 Å². The maximum atomic E-state index is 11.9. The van der Waals surface area contributed by atoms with Gasteiger partial charge in [0.2, 0.25) is 12.5 Å². The molecule has 0 amide bonds. The molecule has 2 unspecified atom stereocenters. The van der Waals surface area contributed by atoms with Crippen LogP contribution < -0.4 is 0 Å². The van der Waals surface area contributed by atoms with Crippen molar-refractivity contribution in [2.24, 2.45) is 9.98 Å². The second-order valence-electron chi connectivity index (χ2n) is 5.73. The quantitative estimate of drug-likeness (QED) is 0.628. The molecular formula is C20H16N2O4+2. The number of carbonyl (C=O) groups is 2. The van der Waals surface area contributed by atoms with E-state index in [2.05, 4.69) is 9.98 Å². The van der Waals surface area contributed by atoms with Gasteiger partial charge in [-0.1, -0.05) is 48.5 Å². The predicted octanol–water partition coefficient (Wildman–Crippen LogP) is 3.12. The van der Waals surface area contributed by atoms with Gasteiger partial charge < -0.3 is 9.47 Å². The lowest BCUT2D eigenvalue weighted by molar-refractivity contribution is -0.145. The van der Waals surface area contributed by atoms with Crippen molar-refractivity contribution >= 4 is 24.4 Å². The first kappa shape index (κ1) is 16.0. The molecule has 0 N–H and O–H groups in total. The molecular weight excluding hydrogens is 332 g/mol.